The van der Waals surface area contributed by atoms with Crippen LogP contribution in [-0.2, 0) is 8.85 Å². The Morgan fingerprint density at radius 1 is 1.27 bits per heavy atom. The smallest absolute Gasteiger partial charge is 0.324 e. The van der Waals surface area contributed by atoms with E-state index < -0.39 is 9.28 Å². The Morgan fingerprint density at radius 2 is 1.73 bits per heavy atom. The van der Waals surface area contributed by atoms with Gasteiger partial charge in [-0.25, -0.2) is 0 Å². The maximum atomic E-state index is 5.59. The van der Waals surface area contributed by atoms with Crippen LogP contribution in [0.25, 0.3) is 0 Å². The summed E-state index contributed by atoms with van der Waals surface area (Å²) in [5, 5.41) is 0. The lowest BCUT2D eigenvalue weighted by molar-refractivity contribution is 0.211. The summed E-state index contributed by atoms with van der Waals surface area (Å²) in [6, 6.07) is 0. The zero-order valence-corrected chi connectivity index (χ0v) is 8.82. The van der Waals surface area contributed by atoms with Gasteiger partial charge in [0.25, 0.3) is 0 Å². The fraction of sp³-hybridized carbons (Fsp3) is 1.00. The molecule has 0 amide bonds. The Bertz CT molecular complexity index is 113. The van der Waals surface area contributed by atoms with Crippen molar-refractivity contribution in [3.63, 3.8) is 0 Å². The standard InChI is InChI=1S/C8H18O2Si/c1-4-9-11(10-5-2)8-6-7(8)3/h7-8,11H,4-6H2,1-3H3. The van der Waals surface area contributed by atoms with Crippen LogP contribution in [-0.4, -0.2) is 22.5 Å². The van der Waals surface area contributed by atoms with E-state index in [2.05, 4.69) is 6.92 Å². The average molecular weight is 174 g/mol. The second-order valence-electron chi connectivity index (χ2n) is 3.16. The van der Waals surface area contributed by atoms with Gasteiger partial charge >= 0.3 is 9.28 Å². The van der Waals surface area contributed by atoms with Crippen molar-refractivity contribution < 1.29 is 8.85 Å². The molecule has 1 saturated carbocycles. The molecule has 2 unspecified atom stereocenters. The van der Waals surface area contributed by atoms with Crippen LogP contribution >= 0.6 is 0 Å². The molecule has 0 radical (unpaired) electrons. The van der Waals surface area contributed by atoms with Gasteiger partial charge in [-0.3, -0.25) is 0 Å². The Labute approximate surface area is 70.7 Å². The van der Waals surface area contributed by atoms with E-state index in [9.17, 15) is 0 Å². The first kappa shape index (κ1) is 9.23. The molecule has 0 spiro atoms. The van der Waals surface area contributed by atoms with Gasteiger partial charge in [0.2, 0.25) is 0 Å². The third kappa shape index (κ3) is 2.58. The lowest BCUT2D eigenvalue weighted by Gasteiger charge is -2.13. The largest absolute Gasteiger partial charge is 0.397 e. The summed E-state index contributed by atoms with van der Waals surface area (Å²) in [5.74, 6) is 0.866. The highest BCUT2D eigenvalue weighted by Gasteiger charge is 2.42. The van der Waals surface area contributed by atoms with Crippen molar-refractivity contribution in [2.24, 2.45) is 5.92 Å². The summed E-state index contributed by atoms with van der Waals surface area (Å²) < 4.78 is 11.2. The second-order valence-corrected chi connectivity index (χ2v) is 5.42. The van der Waals surface area contributed by atoms with Gasteiger partial charge in [0.05, 0.1) is 0 Å². The highest BCUT2D eigenvalue weighted by Crippen LogP contribution is 2.46. The zero-order chi connectivity index (χ0) is 8.27. The van der Waals surface area contributed by atoms with Crippen molar-refractivity contribution in [2.45, 2.75) is 32.7 Å². The van der Waals surface area contributed by atoms with Crippen LogP contribution < -0.4 is 0 Å². The first-order valence-corrected chi connectivity index (χ1v) is 6.13. The molecule has 1 rings (SSSR count). The molecule has 66 valence electrons. The summed E-state index contributed by atoms with van der Waals surface area (Å²) in [4.78, 5) is 0. The van der Waals surface area contributed by atoms with Crippen molar-refractivity contribution in [1.29, 1.82) is 0 Å². The molecule has 1 aliphatic carbocycles. The zero-order valence-electron chi connectivity index (χ0n) is 7.67. The van der Waals surface area contributed by atoms with Crippen LogP contribution in [0.5, 0.6) is 0 Å². The van der Waals surface area contributed by atoms with Crippen molar-refractivity contribution in [1.82, 2.24) is 0 Å². The molecule has 2 atom stereocenters. The highest BCUT2D eigenvalue weighted by atomic mass is 28.3. The van der Waals surface area contributed by atoms with Gasteiger partial charge < -0.3 is 8.85 Å². The summed E-state index contributed by atoms with van der Waals surface area (Å²) >= 11 is 0. The highest BCUT2D eigenvalue weighted by molar-refractivity contribution is 6.47. The Hall–Kier alpha value is 0.137. The summed E-state index contributed by atoms with van der Waals surface area (Å²) in [5.41, 5.74) is 0.801. The molecule has 11 heavy (non-hydrogen) atoms. The quantitative estimate of drug-likeness (QED) is 0.591. The molecule has 0 aromatic carbocycles. The van der Waals surface area contributed by atoms with Crippen LogP contribution in [0.2, 0.25) is 5.54 Å². The van der Waals surface area contributed by atoms with Crippen LogP contribution in [0, 0.1) is 5.92 Å². The van der Waals surface area contributed by atoms with Crippen LogP contribution in [0.15, 0.2) is 0 Å². The van der Waals surface area contributed by atoms with Crippen molar-refractivity contribution >= 4 is 9.28 Å². The average Bonchev–Trinajstić information content (AvgIpc) is 2.67. The Kier molecular flexibility index (Phi) is 3.55. The van der Waals surface area contributed by atoms with Gasteiger partial charge in [-0.05, 0) is 26.2 Å². The minimum atomic E-state index is -1.25. The Morgan fingerprint density at radius 3 is 2.00 bits per heavy atom. The molecule has 1 aliphatic rings. The normalized spacial score (nSPS) is 29.5. The molecule has 0 saturated heterocycles. The minimum absolute atomic E-state index is 0.801. The maximum Gasteiger partial charge on any atom is 0.324 e. The minimum Gasteiger partial charge on any atom is -0.397 e. The van der Waals surface area contributed by atoms with E-state index in [1.807, 2.05) is 13.8 Å². The molecule has 0 aromatic heterocycles. The van der Waals surface area contributed by atoms with E-state index >= 15 is 0 Å². The molecule has 0 aliphatic heterocycles. The van der Waals surface area contributed by atoms with E-state index in [1.54, 1.807) is 0 Å². The van der Waals surface area contributed by atoms with E-state index in [0.29, 0.717) is 0 Å². The summed E-state index contributed by atoms with van der Waals surface area (Å²) in [6.07, 6.45) is 1.33. The van der Waals surface area contributed by atoms with Gasteiger partial charge in [0.15, 0.2) is 0 Å². The molecule has 3 heteroatoms. The number of hydrogen-bond acceptors (Lipinski definition) is 2. The van der Waals surface area contributed by atoms with Crippen molar-refractivity contribution in [3.05, 3.63) is 0 Å². The van der Waals surface area contributed by atoms with Gasteiger partial charge in [0, 0.05) is 18.8 Å². The van der Waals surface area contributed by atoms with Crippen molar-refractivity contribution in [2.75, 3.05) is 13.2 Å². The van der Waals surface area contributed by atoms with Crippen LogP contribution in [0.1, 0.15) is 27.2 Å². The van der Waals surface area contributed by atoms with Crippen LogP contribution in [0.3, 0.4) is 0 Å². The molecule has 0 heterocycles. The topological polar surface area (TPSA) is 18.5 Å². The predicted octanol–water partition coefficient (Wildman–Crippen LogP) is 1.69. The van der Waals surface area contributed by atoms with Gasteiger partial charge in [-0.2, -0.15) is 0 Å². The predicted molar refractivity (Wildman–Crippen MR) is 47.9 cm³/mol. The second kappa shape index (κ2) is 4.23. The summed E-state index contributed by atoms with van der Waals surface area (Å²) in [6.45, 7) is 8.01. The lowest BCUT2D eigenvalue weighted by Crippen LogP contribution is -2.23. The molecule has 0 aromatic rings. The lowest BCUT2D eigenvalue weighted by atomic mass is 10.5. The first-order chi connectivity index (χ1) is 5.29. The Balaban J connectivity index is 2.22. The number of rotatable bonds is 5. The molecular formula is C8H18O2Si. The van der Waals surface area contributed by atoms with E-state index in [4.69, 9.17) is 8.85 Å². The first-order valence-electron chi connectivity index (χ1n) is 4.52. The van der Waals surface area contributed by atoms with Gasteiger partial charge in [-0.1, -0.05) is 6.92 Å². The van der Waals surface area contributed by atoms with E-state index in [0.717, 1.165) is 24.7 Å². The van der Waals surface area contributed by atoms with E-state index in [-0.39, 0.29) is 0 Å². The van der Waals surface area contributed by atoms with E-state index in [1.165, 1.54) is 6.42 Å². The number of hydrogen-bond donors (Lipinski definition) is 0. The SMILES string of the molecule is CCO[SiH](OCC)C1CC1C. The van der Waals surface area contributed by atoms with Gasteiger partial charge in [-0.15, -0.1) is 0 Å². The summed E-state index contributed by atoms with van der Waals surface area (Å²) in [7, 11) is -1.25. The fourth-order valence-corrected chi connectivity index (χ4v) is 3.79. The van der Waals surface area contributed by atoms with Gasteiger partial charge in [0.1, 0.15) is 0 Å². The molecule has 0 bridgehead atoms. The third-order valence-corrected chi connectivity index (χ3v) is 5.14. The molecule has 1 fully saturated rings. The van der Waals surface area contributed by atoms with Crippen LogP contribution in [0.4, 0.5) is 0 Å². The fourth-order valence-electron chi connectivity index (χ4n) is 1.35. The molecular weight excluding hydrogens is 156 g/mol. The molecule has 0 N–H and O–H groups in total. The molecule has 2 nitrogen and oxygen atoms in total. The third-order valence-electron chi connectivity index (χ3n) is 2.18. The monoisotopic (exact) mass is 174 g/mol. The maximum absolute atomic E-state index is 5.59. The van der Waals surface area contributed by atoms with Crippen molar-refractivity contribution in [3.8, 4) is 0 Å².